The van der Waals surface area contributed by atoms with Crippen LogP contribution in [0.5, 0.6) is 0 Å². The third-order valence-electron chi connectivity index (χ3n) is 1.22. The van der Waals surface area contributed by atoms with E-state index in [1.165, 1.54) is 5.56 Å². The van der Waals surface area contributed by atoms with Gasteiger partial charge in [0.25, 0.3) is 0 Å². The molecule has 0 radical (unpaired) electrons. The average Bonchev–Trinajstić information content (AvgIpc) is 2.34. The first-order valence-corrected chi connectivity index (χ1v) is 3.99. The summed E-state index contributed by atoms with van der Waals surface area (Å²) in [6.45, 7) is 3.66. The zero-order valence-corrected chi connectivity index (χ0v) is 6.16. The third-order valence-corrected chi connectivity index (χ3v) is 1.95. The zero-order valence-electron chi connectivity index (χ0n) is 5.34. The largest absolute Gasteiger partial charge is 0.152 e. The first-order chi connectivity index (χ1) is 4.43. The Kier molecular flexibility index (Phi) is 2.52. The lowest BCUT2D eigenvalue weighted by Gasteiger charge is -1.87. The van der Waals surface area contributed by atoms with Crippen molar-refractivity contribution in [2.45, 2.75) is 12.8 Å². The van der Waals surface area contributed by atoms with Crippen LogP contribution < -0.4 is 0 Å². The van der Waals surface area contributed by atoms with Gasteiger partial charge < -0.3 is 0 Å². The minimum absolute atomic E-state index is 1.09. The highest BCUT2D eigenvalue weighted by Crippen LogP contribution is 2.07. The van der Waals surface area contributed by atoms with Crippen molar-refractivity contribution in [1.29, 1.82) is 0 Å². The van der Waals surface area contributed by atoms with Gasteiger partial charge in [0, 0.05) is 0 Å². The predicted octanol–water partition coefficient (Wildman–Crippen LogP) is 2.87. The van der Waals surface area contributed by atoms with Crippen LogP contribution in [0.3, 0.4) is 0 Å². The molecule has 0 aromatic carbocycles. The second-order valence-corrected chi connectivity index (χ2v) is 2.74. The number of hydrogen-bond donors (Lipinski definition) is 0. The van der Waals surface area contributed by atoms with E-state index in [4.69, 9.17) is 0 Å². The number of hydrogen-bond acceptors (Lipinski definition) is 1. The molecule has 48 valence electrons. The zero-order chi connectivity index (χ0) is 6.53. The van der Waals surface area contributed by atoms with E-state index in [2.05, 4.69) is 23.4 Å². The van der Waals surface area contributed by atoms with Crippen molar-refractivity contribution in [3.8, 4) is 0 Å². The van der Waals surface area contributed by atoms with Gasteiger partial charge in [-0.15, -0.1) is 6.58 Å². The highest BCUT2D eigenvalue weighted by Gasteiger charge is 1.87. The average molecular weight is 138 g/mol. The van der Waals surface area contributed by atoms with Gasteiger partial charge in [0.1, 0.15) is 0 Å². The lowest BCUT2D eigenvalue weighted by molar-refractivity contribution is 1.01. The summed E-state index contributed by atoms with van der Waals surface area (Å²) < 4.78 is 0. The fourth-order valence-electron chi connectivity index (χ4n) is 0.704. The number of thiophene rings is 1. The maximum Gasteiger partial charge on any atom is -0.00611 e. The molecule has 1 aromatic heterocycles. The van der Waals surface area contributed by atoms with E-state index in [0.29, 0.717) is 0 Å². The Morgan fingerprint density at radius 3 is 3.11 bits per heavy atom. The van der Waals surface area contributed by atoms with Crippen LogP contribution >= 0.6 is 11.3 Å². The standard InChI is InChI=1S/C8H10S/c1-2-3-4-8-5-6-9-7-8/h2,5-7H,1,3-4H2. The van der Waals surface area contributed by atoms with Crippen molar-refractivity contribution in [3.05, 3.63) is 35.0 Å². The van der Waals surface area contributed by atoms with Crippen LogP contribution in [0.15, 0.2) is 29.5 Å². The topological polar surface area (TPSA) is 0 Å². The van der Waals surface area contributed by atoms with Crippen LogP contribution in [0.1, 0.15) is 12.0 Å². The molecule has 0 saturated heterocycles. The summed E-state index contributed by atoms with van der Waals surface area (Å²) >= 11 is 1.76. The summed E-state index contributed by atoms with van der Waals surface area (Å²) in [6, 6.07) is 2.16. The summed E-state index contributed by atoms with van der Waals surface area (Å²) in [5, 5.41) is 4.29. The van der Waals surface area contributed by atoms with E-state index in [-0.39, 0.29) is 0 Å². The number of allylic oxidation sites excluding steroid dienone is 1. The van der Waals surface area contributed by atoms with Gasteiger partial charge in [-0.3, -0.25) is 0 Å². The molecule has 0 aliphatic rings. The number of aryl methyl sites for hydroxylation is 1. The highest BCUT2D eigenvalue weighted by molar-refractivity contribution is 7.07. The molecule has 0 saturated carbocycles. The highest BCUT2D eigenvalue weighted by atomic mass is 32.1. The molecule has 1 heteroatoms. The van der Waals surface area contributed by atoms with Gasteiger partial charge in [0.15, 0.2) is 0 Å². The first kappa shape index (κ1) is 6.56. The molecule has 0 bridgehead atoms. The summed E-state index contributed by atoms with van der Waals surface area (Å²) in [5.74, 6) is 0. The van der Waals surface area contributed by atoms with Gasteiger partial charge in [-0.25, -0.2) is 0 Å². The monoisotopic (exact) mass is 138 g/mol. The molecule has 0 aliphatic carbocycles. The maximum atomic E-state index is 3.66. The summed E-state index contributed by atoms with van der Waals surface area (Å²) in [4.78, 5) is 0. The Labute approximate surface area is 59.8 Å². The molecule has 0 aliphatic heterocycles. The summed E-state index contributed by atoms with van der Waals surface area (Å²) in [7, 11) is 0. The van der Waals surface area contributed by atoms with Crippen LogP contribution in [0, 0.1) is 0 Å². The van der Waals surface area contributed by atoms with E-state index in [9.17, 15) is 0 Å². The van der Waals surface area contributed by atoms with Crippen LogP contribution in [-0.2, 0) is 6.42 Å². The minimum atomic E-state index is 1.09. The van der Waals surface area contributed by atoms with Crippen LogP contribution in [0.4, 0.5) is 0 Å². The molecule has 0 N–H and O–H groups in total. The van der Waals surface area contributed by atoms with E-state index in [1.54, 1.807) is 11.3 Å². The Bertz CT molecular complexity index is 163. The summed E-state index contributed by atoms with van der Waals surface area (Å²) in [5.41, 5.74) is 1.43. The van der Waals surface area contributed by atoms with Gasteiger partial charge in [0.2, 0.25) is 0 Å². The molecule has 1 heterocycles. The molecule has 0 spiro atoms. The van der Waals surface area contributed by atoms with Crippen molar-refractivity contribution >= 4 is 11.3 Å². The summed E-state index contributed by atoms with van der Waals surface area (Å²) in [6.07, 6.45) is 4.20. The van der Waals surface area contributed by atoms with E-state index >= 15 is 0 Å². The second kappa shape index (κ2) is 3.46. The van der Waals surface area contributed by atoms with Crippen molar-refractivity contribution < 1.29 is 0 Å². The molecule has 9 heavy (non-hydrogen) atoms. The lowest BCUT2D eigenvalue weighted by atomic mass is 10.2. The Balaban J connectivity index is 2.38. The second-order valence-electron chi connectivity index (χ2n) is 1.96. The van der Waals surface area contributed by atoms with E-state index in [1.807, 2.05) is 6.08 Å². The Morgan fingerprint density at radius 1 is 1.67 bits per heavy atom. The van der Waals surface area contributed by atoms with Gasteiger partial charge in [0.05, 0.1) is 0 Å². The van der Waals surface area contributed by atoms with Crippen molar-refractivity contribution in [3.63, 3.8) is 0 Å². The van der Waals surface area contributed by atoms with Gasteiger partial charge in [-0.2, -0.15) is 11.3 Å². The lowest BCUT2D eigenvalue weighted by Crippen LogP contribution is -1.75. The van der Waals surface area contributed by atoms with Gasteiger partial charge >= 0.3 is 0 Å². The first-order valence-electron chi connectivity index (χ1n) is 3.05. The molecule has 1 rings (SSSR count). The van der Waals surface area contributed by atoms with Crippen LogP contribution in [0.2, 0.25) is 0 Å². The molecule has 0 atom stereocenters. The number of rotatable bonds is 3. The van der Waals surface area contributed by atoms with Crippen molar-refractivity contribution in [1.82, 2.24) is 0 Å². The molecular weight excluding hydrogens is 128 g/mol. The predicted molar refractivity (Wildman–Crippen MR) is 42.8 cm³/mol. The molecule has 0 amide bonds. The molecule has 0 fully saturated rings. The Morgan fingerprint density at radius 2 is 2.56 bits per heavy atom. The van der Waals surface area contributed by atoms with E-state index in [0.717, 1.165) is 12.8 Å². The van der Waals surface area contributed by atoms with Crippen LogP contribution in [0.25, 0.3) is 0 Å². The smallest absolute Gasteiger partial charge is 0.00611 e. The third kappa shape index (κ3) is 2.02. The normalized spacial score (nSPS) is 9.33. The fraction of sp³-hybridized carbons (Fsp3) is 0.250. The quantitative estimate of drug-likeness (QED) is 0.563. The minimum Gasteiger partial charge on any atom is -0.152 e. The van der Waals surface area contributed by atoms with E-state index < -0.39 is 0 Å². The van der Waals surface area contributed by atoms with Gasteiger partial charge in [-0.1, -0.05) is 6.08 Å². The van der Waals surface area contributed by atoms with Crippen molar-refractivity contribution in [2.24, 2.45) is 0 Å². The molecular formula is C8H10S. The molecule has 0 nitrogen and oxygen atoms in total. The van der Waals surface area contributed by atoms with Gasteiger partial charge in [-0.05, 0) is 35.2 Å². The SMILES string of the molecule is C=CCCc1ccsc1. The Hall–Kier alpha value is -0.560. The molecule has 0 unspecified atom stereocenters. The van der Waals surface area contributed by atoms with Crippen LogP contribution in [-0.4, -0.2) is 0 Å². The molecule has 1 aromatic rings. The fourth-order valence-corrected chi connectivity index (χ4v) is 1.41. The maximum absolute atomic E-state index is 3.66. The van der Waals surface area contributed by atoms with Crippen molar-refractivity contribution in [2.75, 3.05) is 0 Å².